The van der Waals surface area contributed by atoms with Gasteiger partial charge < -0.3 is 10.2 Å². The van der Waals surface area contributed by atoms with Crippen molar-refractivity contribution in [3.63, 3.8) is 0 Å². The third-order valence-electron chi connectivity index (χ3n) is 4.41. The molecular weight excluding hydrogens is 318 g/mol. The molecule has 1 aromatic heterocycles. The second kappa shape index (κ2) is 7.90. The van der Waals surface area contributed by atoms with E-state index in [9.17, 15) is 4.79 Å². The Labute approximate surface area is 147 Å². The SMILES string of the molecule is CCCN(C(=O)Cc1csc(-c2cccc(C)c2)n1)C1CCNC1. The number of benzene rings is 1. The molecule has 2 aromatic rings. The van der Waals surface area contributed by atoms with E-state index >= 15 is 0 Å². The minimum atomic E-state index is 0.201. The smallest absolute Gasteiger partial charge is 0.228 e. The van der Waals surface area contributed by atoms with E-state index in [1.807, 2.05) is 16.3 Å². The summed E-state index contributed by atoms with van der Waals surface area (Å²) in [4.78, 5) is 19.5. The summed E-state index contributed by atoms with van der Waals surface area (Å²) in [6, 6.07) is 8.68. The zero-order valence-electron chi connectivity index (χ0n) is 14.4. The number of nitrogens with one attached hydrogen (secondary N) is 1. The van der Waals surface area contributed by atoms with Gasteiger partial charge in [0.25, 0.3) is 0 Å². The number of hydrogen-bond donors (Lipinski definition) is 1. The van der Waals surface area contributed by atoms with Gasteiger partial charge in [0.1, 0.15) is 5.01 Å². The van der Waals surface area contributed by atoms with Gasteiger partial charge in [0.05, 0.1) is 12.1 Å². The van der Waals surface area contributed by atoms with Crippen LogP contribution in [0.2, 0.25) is 0 Å². The van der Waals surface area contributed by atoms with Crippen molar-refractivity contribution in [2.24, 2.45) is 0 Å². The van der Waals surface area contributed by atoms with Crippen LogP contribution >= 0.6 is 11.3 Å². The van der Waals surface area contributed by atoms with Gasteiger partial charge in [-0.3, -0.25) is 4.79 Å². The molecule has 4 nitrogen and oxygen atoms in total. The van der Waals surface area contributed by atoms with Gasteiger partial charge in [0.2, 0.25) is 5.91 Å². The van der Waals surface area contributed by atoms with Gasteiger partial charge in [-0.2, -0.15) is 0 Å². The van der Waals surface area contributed by atoms with Crippen molar-refractivity contribution in [2.45, 2.75) is 39.2 Å². The quantitative estimate of drug-likeness (QED) is 0.876. The fourth-order valence-electron chi connectivity index (χ4n) is 3.21. The number of nitrogens with zero attached hydrogens (tertiary/aromatic N) is 2. The Hall–Kier alpha value is -1.72. The molecule has 1 amide bonds. The summed E-state index contributed by atoms with van der Waals surface area (Å²) >= 11 is 1.62. The van der Waals surface area contributed by atoms with Crippen LogP contribution in [0.15, 0.2) is 29.6 Å². The maximum absolute atomic E-state index is 12.8. The van der Waals surface area contributed by atoms with E-state index in [0.29, 0.717) is 12.5 Å². The van der Waals surface area contributed by atoms with E-state index < -0.39 is 0 Å². The second-order valence-corrected chi connectivity index (χ2v) is 7.28. The number of aryl methyl sites for hydroxylation is 1. The van der Waals surface area contributed by atoms with Gasteiger partial charge in [0, 0.05) is 30.1 Å². The topological polar surface area (TPSA) is 45.2 Å². The summed E-state index contributed by atoms with van der Waals surface area (Å²) in [6.45, 7) is 6.96. The van der Waals surface area contributed by atoms with Crippen LogP contribution < -0.4 is 5.32 Å². The molecule has 1 fully saturated rings. The molecule has 3 rings (SSSR count). The fourth-order valence-corrected chi connectivity index (χ4v) is 4.03. The molecule has 1 N–H and O–H groups in total. The highest BCUT2D eigenvalue weighted by molar-refractivity contribution is 7.13. The lowest BCUT2D eigenvalue weighted by Gasteiger charge is -2.28. The van der Waals surface area contributed by atoms with Crippen LogP contribution in [-0.4, -0.2) is 41.5 Å². The number of thiazole rings is 1. The molecule has 1 unspecified atom stereocenters. The third-order valence-corrected chi connectivity index (χ3v) is 5.35. The molecule has 0 saturated carbocycles. The molecule has 2 heterocycles. The normalized spacial score (nSPS) is 17.2. The van der Waals surface area contributed by atoms with E-state index in [1.165, 1.54) is 5.56 Å². The van der Waals surface area contributed by atoms with Crippen LogP contribution in [0.4, 0.5) is 0 Å². The number of amides is 1. The van der Waals surface area contributed by atoms with Crippen molar-refractivity contribution in [1.82, 2.24) is 15.2 Å². The number of rotatable bonds is 6. The maximum atomic E-state index is 12.8. The Morgan fingerprint density at radius 3 is 3.04 bits per heavy atom. The molecular formula is C19H25N3OS. The van der Waals surface area contributed by atoms with Crippen LogP contribution in [0.5, 0.6) is 0 Å². The Balaban J connectivity index is 1.69. The van der Waals surface area contributed by atoms with Crippen LogP contribution in [0.1, 0.15) is 31.0 Å². The molecule has 1 atom stereocenters. The highest BCUT2D eigenvalue weighted by Gasteiger charge is 2.26. The van der Waals surface area contributed by atoms with Gasteiger partial charge >= 0.3 is 0 Å². The standard InChI is InChI=1S/C19H25N3OS/c1-3-9-22(17-7-8-20-12-17)18(23)11-16-13-24-19(21-16)15-6-4-5-14(2)10-15/h4-6,10,13,17,20H,3,7-9,11-12H2,1-2H3. The molecule has 1 saturated heterocycles. The zero-order chi connectivity index (χ0) is 16.9. The number of carbonyl (C=O) groups is 1. The third kappa shape index (κ3) is 4.02. The fraction of sp³-hybridized carbons (Fsp3) is 0.474. The second-order valence-electron chi connectivity index (χ2n) is 6.42. The maximum Gasteiger partial charge on any atom is 0.228 e. The van der Waals surface area contributed by atoms with Gasteiger partial charge in [-0.05, 0) is 32.4 Å². The summed E-state index contributed by atoms with van der Waals surface area (Å²) in [7, 11) is 0. The molecule has 1 aliphatic rings. The van der Waals surface area contributed by atoms with Crippen LogP contribution in [0.3, 0.4) is 0 Å². The monoisotopic (exact) mass is 343 g/mol. The first-order valence-electron chi connectivity index (χ1n) is 8.69. The van der Waals surface area contributed by atoms with Gasteiger partial charge in [0.15, 0.2) is 0 Å². The summed E-state index contributed by atoms with van der Waals surface area (Å²) in [5.41, 5.74) is 3.24. The number of hydrogen-bond acceptors (Lipinski definition) is 4. The Morgan fingerprint density at radius 2 is 2.33 bits per heavy atom. The zero-order valence-corrected chi connectivity index (χ0v) is 15.2. The first-order chi connectivity index (χ1) is 11.7. The van der Waals surface area contributed by atoms with Gasteiger partial charge in [-0.25, -0.2) is 4.98 Å². The minimum Gasteiger partial charge on any atom is -0.338 e. The molecule has 128 valence electrons. The van der Waals surface area contributed by atoms with Crippen molar-refractivity contribution in [1.29, 1.82) is 0 Å². The predicted molar refractivity (Wildman–Crippen MR) is 99.3 cm³/mol. The molecule has 1 aliphatic heterocycles. The van der Waals surface area contributed by atoms with Gasteiger partial charge in [-0.1, -0.05) is 30.7 Å². The average molecular weight is 343 g/mol. The lowest BCUT2D eigenvalue weighted by molar-refractivity contribution is -0.132. The van der Waals surface area contributed by atoms with Crippen molar-refractivity contribution >= 4 is 17.2 Å². The highest BCUT2D eigenvalue weighted by Crippen LogP contribution is 2.25. The molecule has 0 bridgehead atoms. The van der Waals surface area contributed by atoms with Crippen molar-refractivity contribution in [2.75, 3.05) is 19.6 Å². The molecule has 0 radical (unpaired) electrons. The summed E-state index contributed by atoms with van der Waals surface area (Å²) < 4.78 is 0. The summed E-state index contributed by atoms with van der Waals surface area (Å²) in [6.07, 6.45) is 2.45. The highest BCUT2D eigenvalue weighted by atomic mass is 32.1. The van der Waals surface area contributed by atoms with E-state index in [-0.39, 0.29) is 5.91 Å². The first-order valence-corrected chi connectivity index (χ1v) is 9.57. The van der Waals surface area contributed by atoms with Crippen molar-refractivity contribution in [3.8, 4) is 10.6 Å². The molecule has 0 aliphatic carbocycles. The van der Waals surface area contributed by atoms with Crippen molar-refractivity contribution < 1.29 is 4.79 Å². The Bertz CT molecular complexity index is 691. The lowest BCUT2D eigenvalue weighted by atomic mass is 10.1. The minimum absolute atomic E-state index is 0.201. The van der Waals surface area contributed by atoms with E-state index in [0.717, 1.165) is 48.7 Å². The predicted octanol–water partition coefficient (Wildman–Crippen LogP) is 3.26. The van der Waals surface area contributed by atoms with Crippen LogP contribution in [0, 0.1) is 6.92 Å². The van der Waals surface area contributed by atoms with E-state index in [4.69, 9.17) is 0 Å². The number of aromatic nitrogens is 1. The first kappa shape index (κ1) is 17.1. The summed E-state index contributed by atoms with van der Waals surface area (Å²) in [5, 5.41) is 6.37. The van der Waals surface area contributed by atoms with E-state index in [2.05, 4.69) is 42.3 Å². The molecule has 5 heteroatoms. The van der Waals surface area contributed by atoms with Crippen LogP contribution in [-0.2, 0) is 11.2 Å². The summed E-state index contributed by atoms with van der Waals surface area (Å²) in [5.74, 6) is 0.201. The van der Waals surface area contributed by atoms with Crippen LogP contribution in [0.25, 0.3) is 10.6 Å². The lowest BCUT2D eigenvalue weighted by Crippen LogP contribution is -2.42. The molecule has 24 heavy (non-hydrogen) atoms. The van der Waals surface area contributed by atoms with Gasteiger partial charge in [-0.15, -0.1) is 11.3 Å². The Morgan fingerprint density at radius 1 is 1.46 bits per heavy atom. The largest absolute Gasteiger partial charge is 0.338 e. The molecule has 1 aromatic carbocycles. The average Bonchev–Trinajstić information content (AvgIpc) is 3.24. The van der Waals surface area contributed by atoms with E-state index in [1.54, 1.807) is 11.3 Å². The molecule has 0 spiro atoms. The number of carbonyl (C=O) groups excluding carboxylic acids is 1. The Kier molecular flexibility index (Phi) is 5.63. The van der Waals surface area contributed by atoms with Crippen molar-refractivity contribution in [3.05, 3.63) is 40.9 Å².